The van der Waals surface area contributed by atoms with E-state index in [1.807, 2.05) is 0 Å². The Hall–Kier alpha value is -0.580. The number of hydrogen-bond acceptors (Lipinski definition) is 3. The van der Waals surface area contributed by atoms with E-state index in [2.05, 4.69) is 6.92 Å². The van der Waals surface area contributed by atoms with Crippen LogP contribution >= 0.6 is 11.6 Å². The van der Waals surface area contributed by atoms with Crippen molar-refractivity contribution in [1.29, 1.82) is 0 Å². The average Bonchev–Trinajstić information content (AvgIpc) is 2.29. The third kappa shape index (κ3) is 4.59. The van der Waals surface area contributed by atoms with Gasteiger partial charge in [0, 0.05) is 0 Å². The highest BCUT2D eigenvalue weighted by Crippen LogP contribution is 2.21. The molecule has 0 spiro atoms. The molecular weight excluding hydrogens is 272 g/mol. The molecule has 0 aromatic heterocycles. The van der Waals surface area contributed by atoms with Crippen LogP contribution in [0.2, 0.25) is 0 Å². The van der Waals surface area contributed by atoms with E-state index >= 15 is 0 Å². The van der Waals surface area contributed by atoms with Gasteiger partial charge in [-0.1, -0.05) is 49.6 Å². The lowest BCUT2D eigenvalue weighted by molar-refractivity contribution is 0.270. The number of aryl methyl sites for hydroxylation is 1. The Morgan fingerprint density at radius 1 is 1.28 bits per heavy atom. The Morgan fingerprint density at radius 3 is 2.56 bits per heavy atom. The summed E-state index contributed by atoms with van der Waals surface area (Å²) in [5, 5.41) is 0. The Morgan fingerprint density at radius 2 is 1.94 bits per heavy atom. The van der Waals surface area contributed by atoms with Crippen molar-refractivity contribution in [3.8, 4) is 0 Å². The van der Waals surface area contributed by atoms with Gasteiger partial charge in [-0.3, -0.25) is 0 Å². The molecule has 1 aromatic rings. The van der Waals surface area contributed by atoms with Gasteiger partial charge in [-0.05, 0) is 31.4 Å². The van der Waals surface area contributed by atoms with Crippen LogP contribution in [0.4, 0.5) is 0 Å². The largest absolute Gasteiger partial charge is 0.298 e. The van der Waals surface area contributed by atoms with Crippen LogP contribution in [0.1, 0.15) is 38.2 Å². The third-order valence-corrected chi connectivity index (χ3v) is 4.52. The molecule has 0 saturated heterocycles. The van der Waals surface area contributed by atoms with Crippen molar-refractivity contribution in [1.82, 2.24) is 0 Å². The topological polar surface area (TPSA) is 43.4 Å². The van der Waals surface area contributed by atoms with Gasteiger partial charge in [0.1, 0.15) is 0 Å². The van der Waals surface area contributed by atoms with Gasteiger partial charge >= 0.3 is 0 Å². The van der Waals surface area contributed by atoms with Crippen molar-refractivity contribution in [2.45, 2.75) is 50.0 Å². The van der Waals surface area contributed by atoms with Crippen LogP contribution in [0.25, 0.3) is 0 Å². The summed E-state index contributed by atoms with van der Waals surface area (Å²) in [5.74, 6) is 0. The molecular formula is C13H19ClO3S. The van der Waals surface area contributed by atoms with E-state index in [4.69, 9.17) is 15.8 Å². The maximum Gasteiger partial charge on any atom is 0.298 e. The SMILES string of the molecule is CCCCCC(Cl)OS(=O)(=O)c1ccccc1C. The molecule has 1 rings (SSSR count). The van der Waals surface area contributed by atoms with Crippen molar-refractivity contribution < 1.29 is 12.6 Å². The molecule has 102 valence electrons. The molecule has 1 aromatic carbocycles. The van der Waals surface area contributed by atoms with Crippen molar-refractivity contribution in [2.75, 3.05) is 0 Å². The van der Waals surface area contributed by atoms with Gasteiger partial charge in [0.25, 0.3) is 10.1 Å². The molecule has 0 radical (unpaired) electrons. The van der Waals surface area contributed by atoms with E-state index in [0.717, 1.165) is 19.3 Å². The second-order valence-corrected chi connectivity index (χ2v) is 6.25. The van der Waals surface area contributed by atoms with E-state index < -0.39 is 15.7 Å². The number of benzene rings is 1. The van der Waals surface area contributed by atoms with E-state index in [1.54, 1.807) is 25.1 Å². The van der Waals surface area contributed by atoms with Gasteiger partial charge < -0.3 is 0 Å². The van der Waals surface area contributed by atoms with Crippen LogP contribution in [0.15, 0.2) is 29.2 Å². The van der Waals surface area contributed by atoms with E-state index in [0.29, 0.717) is 12.0 Å². The quantitative estimate of drug-likeness (QED) is 0.435. The first-order chi connectivity index (χ1) is 8.47. The van der Waals surface area contributed by atoms with Gasteiger partial charge in [0.05, 0.1) is 4.90 Å². The zero-order valence-corrected chi connectivity index (χ0v) is 12.3. The number of hydrogen-bond donors (Lipinski definition) is 0. The van der Waals surface area contributed by atoms with Gasteiger partial charge in [0.2, 0.25) is 0 Å². The first-order valence-electron chi connectivity index (χ1n) is 6.10. The number of alkyl halides is 1. The number of unbranched alkanes of at least 4 members (excludes halogenated alkanes) is 2. The summed E-state index contributed by atoms with van der Waals surface area (Å²) in [6.45, 7) is 3.81. The molecule has 0 aliphatic rings. The lowest BCUT2D eigenvalue weighted by atomic mass is 10.2. The summed E-state index contributed by atoms with van der Waals surface area (Å²) in [6, 6.07) is 6.72. The van der Waals surface area contributed by atoms with Gasteiger partial charge in [-0.2, -0.15) is 8.42 Å². The van der Waals surface area contributed by atoms with Crippen molar-refractivity contribution in [3.05, 3.63) is 29.8 Å². The van der Waals surface area contributed by atoms with E-state index in [9.17, 15) is 8.42 Å². The summed E-state index contributed by atoms with van der Waals surface area (Å²) in [4.78, 5) is 0.186. The minimum absolute atomic E-state index is 0.186. The average molecular weight is 291 g/mol. The molecule has 0 amide bonds. The third-order valence-electron chi connectivity index (χ3n) is 2.63. The van der Waals surface area contributed by atoms with Crippen molar-refractivity contribution in [3.63, 3.8) is 0 Å². The molecule has 0 heterocycles. The van der Waals surface area contributed by atoms with Gasteiger partial charge in [-0.25, -0.2) is 4.18 Å². The standard InChI is InChI=1S/C13H19ClO3S/c1-3-4-5-10-13(14)17-18(15,16)12-9-7-6-8-11(12)2/h6-9,13H,3-5,10H2,1-2H3. The molecule has 0 aliphatic carbocycles. The first kappa shape index (κ1) is 15.5. The summed E-state index contributed by atoms with van der Waals surface area (Å²) in [6.07, 6.45) is 3.50. The summed E-state index contributed by atoms with van der Waals surface area (Å²) < 4.78 is 29.0. The predicted octanol–water partition coefficient (Wildman–Crippen LogP) is 3.85. The maximum absolute atomic E-state index is 12.0. The minimum atomic E-state index is -3.76. The zero-order valence-electron chi connectivity index (χ0n) is 10.7. The zero-order chi connectivity index (χ0) is 13.6. The molecule has 0 N–H and O–H groups in total. The second kappa shape index (κ2) is 7.12. The second-order valence-electron chi connectivity index (χ2n) is 4.22. The van der Waals surface area contributed by atoms with Crippen LogP contribution in [-0.4, -0.2) is 14.0 Å². The van der Waals surface area contributed by atoms with E-state index in [1.165, 1.54) is 6.07 Å². The van der Waals surface area contributed by atoms with Crippen LogP contribution in [0.3, 0.4) is 0 Å². The normalized spacial score (nSPS) is 13.5. The highest BCUT2D eigenvalue weighted by Gasteiger charge is 2.21. The Bertz CT molecular complexity index is 471. The smallest absolute Gasteiger partial charge is 0.247 e. The Kier molecular flexibility index (Phi) is 6.12. The molecule has 18 heavy (non-hydrogen) atoms. The highest BCUT2D eigenvalue weighted by atomic mass is 35.5. The molecule has 1 atom stereocenters. The van der Waals surface area contributed by atoms with Gasteiger partial charge in [0.15, 0.2) is 5.56 Å². The fourth-order valence-corrected chi connectivity index (χ4v) is 3.25. The fourth-order valence-electron chi connectivity index (χ4n) is 1.63. The van der Waals surface area contributed by atoms with Gasteiger partial charge in [-0.15, -0.1) is 0 Å². The molecule has 0 fully saturated rings. The predicted molar refractivity (Wildman–Crippen MR) is 73.2 cm³/mol. The molecule has 5 heteroatoms. The van der Waals surface area contributed by atoms with Crippen molar-refractivity contribution in [2.24, 2.45) is 0 Å². The van der Waals surface area contributed by atoms with Crippen LogP contribution < -0.4 is 0 Å². The molecule has 0 saturated carbocycles. The first-order valence-corrected chi connectivity index (χ1v) is 7.95. The number of halogens is 1. The number of rotatable bonds is 7. The van der Waals surface area contributed by atoms with Crippen molar-refractivity contribution >= 4 is 21.7 Å². The highest BCUT2D eigenvalue weighted by molar-refractivity contribution is 7.86. The summed E-state index contributed by atoms with van der Waals surface area (Å²) >= 11 is 5.90. The Balaban J connectivity index is 2.68. The monoisotopic (exact) mass is 290 g/mol. The molecule has 1 unspecified atom stereocenters. The Labute approximate surface area is 114 Å². The molecule has 0 bridgehead atoms. The van der Waals surface area contributed by atoms with E-state index in [-0.39, 0.29) is 4.90 Å². The van der Waals surface area contributed by atoms with Crippen LogP contribution in [-0.2, 0) is 14.3 Å². The van der Waals surface area contributed by atoms with Crippen LogP contribution in [0, 0.1) is 6.92 Å². The fraction of sp³-hybridized carbons (Fsp3) is 0.538. The van der Waals surface area contributed by atoms with Crippen LogP contribution in [0.5, 0.6) is 0 Å². The lowest BCUT2D eigenvalue weighted by Gasteiger charge is -2.12. The molecule has 3 nitrogen and oxygen atoms in total. The summed E-state index contributed by atoms with van der Waals surface area (Å²) in [7, 11) is -3.76. The maximum atomic E-state index is 12.0. The summed E-state index contributed by atoms with van der Waals surface area (Å²) in [5.41, 5.74) is -0.129. The lowest BCUT2D eigenvalue weighted by Crippen LogP contribution is -2.14. The minimum Gasteiger partial charge on any atom is -0.247 e. The molecule has 0 aliphatic heterocycles.